The highest BCUT2D eigenvalue weighted by molar-refractivity contribution is 6.31. The van der Waals surface area contributed by atoms with Crippen molar-refractivity contribution in [1.82, 2.24) is 15.1 Å². The number of amides is 1. The number of rotatable bonds is 6. The molecule has 1 amide bonds. The lowest BCUT2D eigenvalue weighted by molar-refractivity contribution is -0.121. The topological polar surface area (TPSA) is 64.0 Å². The molecule has 0 spiro atoms. The molecule has 138 valence electrons. The number of carbonyl (C=O) groups is 1. The molecule has 7 heteroatoms. The average Bonchev–Trinajstić information content (AvgIpc) is 2.67. The van der Waals surface area contributed by atoms with Crippen molar-refractivity contribution in [2.24, 2.45) is 0 Å². The number of hydrogen-bond acceptors (Lipinski definition) is 3. The average molecular weight is 402 g/mol. The quantitative estimate of drug-likeness (QED) is 0.680. The molecular weight excluding hydrogens is 385 g/mol. The molecule has 0 saturated heterocycles. The minimum absolute atomic E-state index is 0.140. The second-order valence-electron chi connectivity index (χ2n) is 5.90. The van der Waals surface area contributed by atoms with Crippen LogP contribution in [0.15, 0.2) is 65.5 Å². The summed E-state index contributed by atoms with van der Waals surface area (Å²) in [7, 11) is 0. The van der Waals surface area contributed by atoms with Gasteiger partial charge in [-0.3, -0.25) is 9.59 Å². The molecule has 0 fully saturated rings. The van der Waals surface area contributed by atoms with E-state index in [4.69, 9.17) is 23.2 Å². The number of nitrogens with zero attached hydrogens (tertiary/aromatic N) is 2. The zero-order valence-electron chi connectivity index (χ0n) is 14.4. The Morgan fingerprint density at radius 2 is 1.74 bits per heavy atom. The van der Waals surface area contributed by atoms with Crippen molar-refractivity contribution in [3.8, 4) is 11.3 Å². The minimum atomic E-state index is -0.258. The van der Waals surface area contributed by atoms with Crippen molar-refractivity contribution in [2.75, 3.05) is 0 Å². The van der Waals surface area contributed by atoms with E-state index in [2.05, 4.69) is 10.4 Å². The lowest BCUT2D eigenvalue weighted by atomic mass is 10.1. The molecule has 5 nitrogen and oxygen atoms in total. The predicted octanol–water partition coefficient (Wildman–Crippen LogP) is 3.92. The Hall–Kier alpha value is -2.63. The van der Waals surface area contributed by atoms with Crippen LogP contribution in [-0.4, -0.2) is 15.7 Å². The van der Waals surface area contributed by atoms with E-state index < -0.39 is 0 Å². The molecule has 1 aromatic heterocycles. The molecular formula is C20H17Cl2N3O2. The fourth-order valence-electron chi connectivity index (χ4n) is 2.52. The summed E-state index contributed by atoms with van der Waals surface area (Å²) in [6.07, 6.45) is 0.140. The number of hydrogen-bond donors (Lipinski definition) is 1. The Balaban J connectivity index is 1.62. The van der Waals surface area contributed by atoms with Gasteiger partial charge in [0.2, 0.25) is 5.91 Å². The van der Waals surface area contributed by atoms with E-state index in [0.29, 0.717) is 22.3 Å². The highest BCUT2D eigenvalue weighted by Crippen LogP contribution is 2.18. The summed E-state index contributed by atoms with van der Waals surface area (Å²) >= 11 is 12.0. The van der Waals surface area contributed by atoms with E-state index >= 15 is 0 Å². The van der Waals surface area contributed by atoms with Crippen molar-refractivity contribution >= 4 is 29.1 Å². The third kappa shape index (κ3) is 5.18. The Kier molecular flexibility index (Phi) is 6.27. The van der Waals surface area contributed by atoms with Gasteiger partial charge in [-0.05, 0) is 29.8 Å². The van der Waals surface area contributed by atoms with Crippen LogP contribution < -0.4 is 10.9 Å². The summed E-state index contributed by atoms with van der Waals surface area (Å²) in [6, 6.07) is 17.6. The second-order valence-corrected chi connectivity index (χ2v) is 6.75. The van der Waals surface area contributed by atoms with Gasteiger partial charge in [-0.25, -0.2) is 4.68 Å². The van der Waals surface area contributed by atoms with E-state index in [1.165, 1.54) is 10.7 Å². The van der Waals surface area contributed by atoms with Gasteiger partial charge in [0.05, 0.1) is 12.2 Å². The number of aromatic nitrogens is 2. The Bertz CT molecular complexity index is 1000. The summed E-state index contributed by atoms with van der Waals surface area (Å²) in [5.74, 6) is -0.180. The lowest BCUT2D eigenvalue weighted by Gasteiger charge is -2.09. The highest BCUT2D eigenvalue weighted by Gasteiger charge is 2.07. The monoisotopic (exact) mass is 401 g/mol. The Morgan fingerprint density at radius 1 is 1.00 bits per heavy atom. The predicted molar refractivity (Wildman–Crippen MR) is 107 cm³/mol. The zero-order valence-corrected chi connectivity index (χ0v) is 15.9. The van der Waals surface area contributed by atoms with Crippen LogP contribution in [0.4, 0.5) is 0 Å². The van der Waals surface area contributed by atoms with E-state index in [-0.39, 0.29) is 24.4 Å². The molecule has 2 aromatic carbocycles. The first-order valence-corrected chi connectivity index (χ1v) is 9.13. The van der Waals surface area contributed by atoms with Crippen molar-refractivity contribution in [3.63, 3.8) is 0 Å². The minimum Gasteiger partial charge on any atom is -0.352 e. The van der Waals surface area contributed by atoms with E-state index in [1.807, 2.05) is 30.3 Å². The molecule has 0 atom stereocenters. The molecule has 1 N–H and O–H groups in total. The maximum absolute atomic E-state index is 12.1. The largest absolute Gasteiger partial charge is 0.352 e. The van der Waals surface area contributed by atoms with Crippen molar-refractivity contribution < 1.29 is 4.79 Å². The van der Waals surface area contributed by atoms with E-state index in [9.17, 15) is 9.59 Å². The van der Waals surface area contributed by atoms with Crippen LogP contribution in [0.5, 0.6) is 0 Å². The number of benzene rings is 2. The van der Waals surface area contributed by atoms with E-state index in [0.717, 1.165) is 11.1 Å². The van der Waals surface area contributed by atoms with E-state index in [1.54, 1.807) is 24.3 Å². The lowest BCUT2D eigenvalue weighted by Crippen LogP contribution is -2.28. The Morgan fingerprint density at radius 3 is 2.48 bits per heavy atom. The molecule has 1 heterocycles. The first-order valence-electron chi connectivity index (χ1n) is 8.37. The number of halogens is 2. The van der Waals surface area contributed by atoms with Gasteiger partial charge < -0.3 is 5.32 Å². The third-order valence-corrected chi connectivity index (χ3v) is 4.61. The molecule has 0 bridgehead atoms. The van der Waals surface area contributed by atoms with Crippen molar-refractivity contribution in [1.29, 1.82) is 0 Å². The van der Waals surface area contributed by atoms with Crippen LogP contribution in [0, 0.1) is 0 Å². The van der Waals surface area contributed by atoms with Crippen LogP contribution in [0.1, 0.15) is 12.0 Å². The molecule has 27 heavy (non-hydrogen) atoms. The third-order valence-electron chi connectivity index (χ3n) is 3.99. The number of carbonyl (C=O) groups excluding carboxylic acids is 1. The van der Waals surface area contributed by atoms with Gasteiger partial charge in [0.15, 0.2) is 0 Å². The van der Waals surface area contributed by atoms with Gasteiger partial charge in [-0.1, -0.05) is 53.5 Å². The van der Waals surface area contributed by atoms with Gasteiger partial charge in [0, 0.05) is 34.6 Å². The summed E-state index contributed by atoms with van der Waals surface area (Å²) in [5, 5.41) is 8.37. The molecule has 0 radical (unpaired) electrons. The van der Waals surface area contributed by atoms with Gasteiger partial charge in [0.1, 0.15) is 0 Å². The zero-order chi connectivity index (χ0) is 19.2. The fourth-order valence-corrected chi connectivity index (χ4v) is 2.84. The maximum Gasteiger partial charge on any atom is 0.266 e. The van der Waals surface area contributed by atoms with Crippen molar-refractivity contribution in [2.45, 2.75) is 19.5 Å². The molecule has 0 aliphatic heterocycles. The molecule has 0 saturated carbocycles. The smallest absolute Gasteiger partial charge is 0.266 e. The first-order chi connectivity index (χ1) is 13.0. The first kappa shape index (κ1) is 19.1. The fraction of sp³-hybridized carbons (Fsp3) is 0.150. The summed E-state index contributed by atoms with van der Waals surface area (Å²) in [5.41, 5.74) is 2.07. The summed E-state index contributed by atoms with van der Waals surface area (Å²) in [4.78, 5) is 24.1. The van der Waals surface area contributed by atoms with Crippen LogP contribution in [-0.2, 0) is 17.9 Å². The van der Waals surface area contributed by atoms with Crippen molar-refractivity contribution in [3.05, 3.63) is 86.6 Å². The second kappa shape index (κ2) is 8.84. The summed E-state index contributed by atoms with van der Waals surface area (Å²) < 4.78 is 1.29. The van der Waals surface area contributed by atoms with Gasteiger partial charge in [0.25, 0.3) is 5.56 Å². The molecule has 0 unspecified atom stereocenters. The summed E-state index contributed by atoms with van der Waals surface area (Å²) in [6.45, 7) is 0.528. The van der Waals surface area contributed by atoms with Crippen LogP contribution in [0.25, 0.3) is 11.3 Å². The van der Waals surface area contributed by atoms with Crippen LogP contribution in [0.3, 0.4) is 0 Å². The highest BCUT2D eigenvalue weighted by atomic mass is 35.5. The normalized spacial score (nSPS) is 10.6. The van der Waals surface area contributed by atoms with Gasteiger partial charge >= 0.3 is 0 Å². The Labute approximate surface area is 166 Å². The maximum atomic E-state index is 12.1. The van der Waals surface area contributed by atoms with Gasteiger partial charge in [-0.15, -0.1) is 0 Å². The molecule has 0 aliphatic carbocycles. The molecule has 3 rings (SSSR count). The number of nitrogens with one attached hydrogen (secondary N) is 1. The van der Waals surface area contributed by atoms with Crippen LogP contribution >= 0.6 is 23.2 Å². The standard InChI is InChI=1S/C20H17Cl2N3O2/c21-16-7-5-14(6-8-16)18-9-10-20(27)25(24-18)12-11-19(26)23-13-15-3-1-2-4-17(15)22/h1-10H,11-13H2,(H,23,26). The molecule has 0 aliphatic rings. The molecule has 3 aromatic rings. The van der Waals surface area contributed by atoms with Gasteiger partial charge in [-0.2, -0.15) is 5.10 Å². The number of aryl methyl sites for hydroxylation is 1. The van der Waals surface area contributed by atoms with Crippen LogP contribution in [0.2, 0.25) is 10.0 Å². The SMILES string of the molecule is O=C(CCn1nc(-c2ccc(Cl)cc2)ccc1=O)NCc1ccccc1Cl.